The summed E-state index contributed by atoms with van der Waals surface area (Å²) in [5, 5.41) is 3.17. The molecular formula is C13H11N3O3S. The fourth-order valence-electron chi connectivity index (χ4n) is 1.58. The van der Waals surface area contributed by atoms with Crippen LogP contribution in [0.5, 0.6) is 5.75 Å². The molecule has 102 valence electrons. The first-order valence-electron chi connectivity index (χ1n) is 5.71. The molecule has 0 heterocycles. The van der Waals surface area contributed by atoms with Crippen LogP contribution in [0.15, 0.2) is 48.2 Å². The first kappa shape index (κ1) is 13.8. The van der Waals surface area contributed by atoms with Crippen molar-refractivity contribution in [3.8, 4) is 5.75 Å². The number of nitrogens with one attached hydrogen (secondary N) is 1. The lowest BCUT2D eigenvalue weighted by molar-refractivity contribution is -0.00540. The van der Waals surface area contributed by atoms with E-state index in [0.29, 0.717) is 17.9 Å². The van der Waals surface area contributed by atoms with Gasteiger partial charge in [0.1, 0.15) is 5.75 Å². The molecule has 0 spiro atoms. The molecule has 0 saturated heterocycles. The van der Waals surface area contributed by atoms with Crippen molar-refractivity contribution in [2.75, 3.05) is 5.32 Å². The van der Waals surface area contributed by atoms with Gasteiger partial charge in [-0.15, -0.1) is 0 Å². The normalized spacial score (nSPS) is 13.2. The Labute approximate surface area is 117 Å². The van der Waals surface area contributed by atoms with Crippen LogP contribution >= 0.6 is 0 Å². The lowest BCUT2D eigenvalue weighted by atomic mass is 10.1. The minimum Gasteiger partial charge on any atom is -0.449 e. The molecule has 0 radical (unpaired) electrons. The van der Waals surface area contributed by atoms with Gasteiger partial charge in [0.2, 0.25) is 15.8 Å². The largest absolute Gasteiger partial charge is 0.449 e. The maximum Gasteiger partial charge on any atom is 0.295 e. The Morgan fingerprint density at radius 3 is 2.55 bits per heavy atom. The van der Waals surface area contributed by atoms with Crippen LogP contribution in [0.4, 0.5) is 5.69 Å². The molecule has 1 aromatic carbocycles. The van der Waals surface area contributed by atoms with E-state index in [0.717, 1.165) is 16.9 Å². The summed E-state index contributed by atoms with van der Waals surface area (Å²) in [6, 6.07) is 6.83. The number of hydrogen-bond donors (Lipinski definition) is 1. The summed E-state index contributed by atoms with van der Waals surface area (Å²) in [5.41, 5.74) is 11.7. The van der Waals surface area contributed by atoms with E-state index in [4.69, 9.17) is 10.3 Å². The van der Waals surface area contributed by atoms with Crippen LogP contribution in [-0.2, 0) is 10.3 Å². The van der Waals surface area contributed by atoms with Gasteiger partial charge in [-0.1, -0.05) is 0 Å². The quantitative estimate of drug-likeness (QED) is 0.518. The number of nitrogens with zero attached hydrogens (tertiary/aromatic N) is 2. The maximum absolute atomic E-state index is 10.3. The van der Waals surface area contributed by atoms with E-state index < -0.39 is 10.3 Å². The van der Waals surface area contributed by atoms with Crippen molar-refractivity contribution < 1.29 is 17.9 Å². The Balaban J connectivity index is 2.01. The van der Waals surface area contributed by atoms with Crippen LogP contribution in [-0.4, -0.2) is 24.5 Å². The molecule has 0 aromatic heterocycles. The minimum absolute atomic E-state index is 0.433. The van der Waals surface area contributed by atoms with Crippen molar-refractivity contribution in [3.63, 3.8) is 0 Å². The molecule has 0 aliphatic heterocycles. The van der Waals surface area contributed by atoms with E-state index in [2.05, 4.69) is 10.1 Å². The topological polar surface area (TPSA) is 91.8 Å². The van der Waals surface area contributed by atoms with Crippen molar-refractivity contribution in [3.05, 3.63) is 53.7 Å². The smallest absolute Gasteiger partial charge is 0.295 e. The number of rotatable bonds is 4. The molecule has 20 heavy (non-hydrogen) atoms. The maximum atomic E-state index is 10.3. The lowest BCUT2D eigenvalue weighted by Gasteiger charge is -2.09. The molecule has 1 aliphatic rings. The minimum atomic E-state index is -2.34. The molecule has 2 rings (SSSR count). The van der Waals surface area contributed by atoms with Gasteiger partial charge in [-0.3, -0.25) is 0 Å². The van der Waals surface area contributed by atoms with Crippen molar-refractivity contribution in [1.29, 1.82) is 0 Å². The summed E-state index contributed by atoms with van der Waals surface area (Å²) in [6.07, 6.45) is 5.98. The van der Waals surface area contributed by atoms with Gasteiger partial charge in [0, 0.05) is 17.5 Å². The van der Waals surface area contributed by atoms with Crippen LogP contribution in [0, 0.1) is 0 Å². The lowest BCUT2D eigenvalue weighted by Crippen LogP contribution is -2.04. The number of allylic oxidation sites excluding steroid dienone is 3. The van der Waals surface area contributed by atoms with Crippen LogP contribution in [0.2, 0.25) is 0 Å². The van der Waals surface area contributed by atoms with E-state index in [1.807, 2.05) is 6.08 Å². The Morgan fingerprint density at radius 2 is 2.00 bits per heavy atom. The van der Waals surface area contributed by atoms with Crippen LogP contribution in [0.25, 0.3) is 5.53 Å². The van der Waals surface area contributed by atoms with E-state index in [9.17, 15) is 8.42 Å². The highest BCUT2D eigenvalue weighted by atomic mass is 32.2. The number of hydrogen-bond acceptors (Lipinski definition) is 4. The number of benzene rings is 1. The number of ether oxygens (including phenoxy) is 1. The molecule has 6 nitrogen and oxygen atoms in total. The molecular weight excluding hydrogens is 278 g/mol. The standard InChI is InChI=1S/C13H11N3O3S/c14-16-12-3-1-10(2-4-12)15-11-5-7-13(8-6-11)19-9-20(17)18/h1-3,5-9,15H,4H2. The highest BCUT2D eigenvalue weighted by molar-refractivity contribution is 7.71. The van der Waals surface area contributed by atoms with Gasteiger partial charge >= 0.3 is 0 Å². The third-order valence-electron chi connectivity index (χ3n) is 2.52. The summed E-state index contributed by atoms with van der Waals surface area (Å²) in [7, 11) is -2.34. The second kappa shape index (κ2) is 6.51. The van der Waals surface area contributed by atoms with E-state index in [1.165, 1.54) is 0 Å². The summed E-state index contributed by atoms with van der Waals surface area (Å²) in [4.78, 5) is 3.12. The second-order valence-corrected chi connectivity index (χ2v) is 4.63. The van der Waals surface area contributed by atoms with E-state index in [-0.39, 0.29) is 0 Å². The molecule has 1 aromatic rings. The molecule has 7 heteroatoms. The van der Waals surface area contributed by atoms with Gasteiger partial charge in [-0.25, -0.2) is 0 Å². The third kappa shape index (κ3) is 3.94. The Bertz CT molecular complexity index is 732. The van der Waals surface area contributed by atoms with E-state index >= 15 is 0 Å². The van der Waals surface area contributed by atoms with Gasteiger partial charge in [0.25, 0.3) is 5.71 Å². The van der Waals surface area contributed by atoms with Crippen LogP contribution in [0.1, 0.15) is 6.42 Å². The third-order valence-corrected chi connectivity index (χ3v) is 2.77. The predicted octanol–water partition coefficient (Wildman–Crippen LogP) is 1.63. The highest BCUT2D eigenvalue weighted by Gasteiger charge is 2.07. The van der Waals surface area contributed by atoms with Gasteiger partial charge in [0.15, 0.2) is 0 Å². The fraction of sp³-hybridized carbons (Fsp3) is 0.0769. The fourth-order valence-corrected chi connectivity index (χ4v) is 1.77. The zero-order valence-electron chi connectivity index (χ0n) is 10.4. The first-order chi connectivity index (χ1) is 9.67. The summed E-state index contributed by atoms with van der Waals surface area (Å²) in [6.45, 7) is 0. The van der Waals surface area contributed by atoms with Crippen molar-refractivity contribution in [2.45, 2.75) is 6.42 Å². The average molecular weight is 289 g/mol. The first-order valence-corrected chi connectivity index (χ1v) is 6.85. The molecule has 1 N–H and O–H groups in total. The SMILES string of the molecule is [N-]=[N+]=C1C=CC(Nc2ccc(OC=S(=O)=O)cc2)=CC1. The van der Waals surface area contributed by atoms with Crippen molar-refractivity contribution in [1.82, 2.24) is 0 Å². The second-order valence-electron chi connectivity index (χ2n) is 3.91. The molecule has 0 saturated carbocycles. The van der Waals surface area contributed by atoms with Crippen LogP contribution < -0.4 is 10.1 Å². The Kier molecular flexibility index (Phi) is 4.49. The molecule has 1 aliphatic carbocycles. The van der Waals surface area contributed by atoms with Crippen molar-refractivity contribution in [2.24, 2.45) is 0 Å². The van der Waals surface area contributed by atoms with Crippen molar-refractivity contribution >= 4 is 27.2 Å². The zero-order valence-corrected chi connectivity index (χ0v) is 11.2. The predicted molar refractivity (Wildman–Crippen MR) is 76.1 cm³/mol. The monoisotopic (exact) mass is 289 g/mol. The van der Waals surface area contributed by atoms with Gasteiger partial charge < -0.3 is 15.6 Å². The molecule has 0 fully saturated rings. The van der Waals surface area contributed by atoms with E-state index in [1.54, 1.807) is 36.4 Å². The molecule has 0 amide bonds. The summed E-state index contributed by atoms with van der Waals surface area (Å²) >= 11 is 0. The highest BCUT2D eigenvalue weighted by Crippen LogP contribution is 2.18. The molecule has 0 atom stereocenters. The van der Waals surface area contributed by atoms with Gasteiger partial charge in [0.05, 0.1) is 6.42 Å². The van der Waals surface area contributed by atoms with Crippen LogP contribution in [0.3, 0.4) is 0 Å². The Morgan fingerprint density at radius 1 is 1.25 bits per heavy atom. The average Bonchev–Trinajstić information content (AvgIpc) is 2.47. The molecule has 0 unspecified atom stereocenters. The van der Waals surface area contributed by atoms with Gasteiger partial charge in [-0.05, 0) is 36.4 Å². The summed E-state index contributed by atoms with van der Waals surface area (Å²) in [5.74, 6) is 0.433. The molecule has 0 bridgehead atoms. The zero-order chi connectivity index (χ0) is 14.4. The van der Waals surface area contributed by atoms with Gasteiger partial charge in [-0.2, -0.15) is 13.2 Å². The Hall–Kier alpha value is -2.63. The summed E-state index contributed by atoms with van der Waals surface area (Å²) < 4.78 is 25.5. The number of anilines is 1.